The monoisotopic (exact) mass is 499 g/mol. The average Bonchev–Trinajstić information content (AvgIpc) is 3.22. The van der Waals surface area contributed by atoms with E-state index in [0.29, 0.717) is 18.1 Å². The van der Waals surface area contributed by atoms with Gasteiger partial charge in [0.1, 0.15) is 5.82 Å². The molecular weight excluding hydrogens is 478 g/mol. The molecule has 160 valence electrons. The topological polar surface area (TPSA) is 63.6 Å². The number of nitrogens with one attached hydrogen (secondary N) is 1. The Morgan fingerprint density at radius 1 is 0.968 bits per heavy atom. The van der Waals surface area contributed by atoms with Gasteiger partial charge in [-0.3, -0.25) is 0 Å². The zero-order chi connectivity index (χ0) is 21.4. The Morgan fingerprint density at radius 2 is 1.68 bits per heavy atom. The van der Waals surface area contributed by atoms with Crippen molar-refractivity contribution in [2.75, 3.05) is 43.1 Å². The van der Waals surface area contributed by atoms with Gasteiger partial charge in [-0.15, -0.1) is 0 Å². The van der Waals surface area contributed by atoms with Crippen LogP contribution in [0.3, 0.4) is 0 Å². The van der Waals surface area contributed by atoms with Gasteiger partial charge in [-0.2, -0.15) is 0 Å². The smallest absolute Gasteiger partial charge is 0.269 e. The lowest BCUT2D eigenvalue weighted by atomic mass is 10.1. The highest BCUT2D eigenvalue weighted by molar-refractivity contribution is 9.15. The van der Waals surface area contributed by atoms with Gasteiger partial charge < -0.3 is 15.0 Å². The van der Waals surface area contributed by atoms with Crippen LogP contribution in [0, 0.1) is 0 Å². The summed E-state index contributed by atoms with van der Waals surface area (Å²) < 4.78 is 35.0. The lowest BCUT2D eigenvalue weighted by Crippen LogP contribution is -2.36. The van der Waals surface area contributed by atoms with E-state index in [0.717, 1.165) is 47.6 Å². The second-order valence-electron chi connectivity index (χ2n) is 7.45. The van der Waals surface area contributed by atoms with Gasteiger partial charge in [0, 0.05) is 35.4 Å². The van der Waals surface area contributed by atoms with Crippen molar-refractivity contribution in [1.82, 2.24) is 3.97 Å². The summed E-state index contributed by atoms with van der Waals surface area (Å²) in [5.74, 6) is 0.575. The lowest BCUT2D eigenvalue weighted by molar-refractivity contribution is 0.122. The third-order valence-electron chi connectivity index (χ3n) is 5.59. The van der Waals surface area contributed by atoms with Gasteiger partial charge in [-0.05, 0) is 35.9 Å². The van der Waals surface area contributed by atoms with E-state index < -0.39 is 10.0 Å². The molecule has 0 amide bonds. The molecule has 5 rings (SSSR count). The predicted octanol–water partition coefficient (Wildman–Crippen LogP) is 4.39. The molecule has 0 unspecified atom stereocenters. The van der Waals surface area contributed by atoms with Gasteiger partial charge in [0.2, 0.25) is 0 Å². The van der Waals surface area contributed by atoms with Gasteiger partial charge in [0.05, 0.1) is 23.8 Å². The van der Waals surface area contributed by atoms with E-state index in [-0.39, 0.29) is 4.90 Å². The number of halogens is 1. The van der Waals surface area contributed by atoms with Gasteiger partial charge in [0.15, 0.2) is 0 Å². The number of fused-ring (bicyclic) bond motifs is 1. The fourth-order valence-corrected chi connectivity index (χ4v) is 6.00. The summed E-state index contributed by atoms with van der Waals surface area (Å²) in [7, 11) is -3.79. The molecule has 31 heavy (non-hydrogen) atoms. The number of benzene rings is 2. The van der Waals surface area contributed by atoms with E-state index in [9.17, 15) is 8.42 Å². The third kappa shape index (κ3) is 3.69. The second kappa shape index (κ2) is 8.18. The fraction of sp³-hybridized carbons (Fsp3) is 0.217. The summed E-state index contributed by atoms with van der Waals surface area (Å²) in [4.78, 5) is 2.53. The van der Waals surface area contributed by atoms with Crippen LogP contribution in [-0.2, 0) is 14.8 Å². The Bertz CT molecular complexity index is 1230. The number of ether oxygens (including phenoxy) is 1. The molecule has 0 bridgehead atoms. The van der Waals surface area contributed by atoms with Crippen LogP contribution in [0.4, 0.5) is 11.5 Å². The summed E-state index contributed by atoms with van der Waals surface area (Å²) in [6.45, 7) is 3.71. The number of morpholine rings is 1. The van der Waals surface area contributed by atoms with E-state index in [1.165, 1.54) is 3.97 Å². The average molecular weight is 500 g/mol. The zero-order valence-electron chi connectivity index (χ0n) is 16.8. The van der Waals surface area contributed by atoms with Gasteiger partial charge in [-0.25, -0.2) is 12.4 Å². The number of anilines is 2. The largest absolute Gasteiger partial charge is 0.378 e. The van der Waals surface area contributed by atoms with Crippen molar-refractivity contribution in [2.24, 2.45) is 0 Å². The zero-order valence-corrected chi connectivity index (χ0v) is 19.2. The minimum atomic E-state index is -3.79. The van der Waals surface area contributed by atoms with Crippen molar-refractivity contribution in [1.29, 1.82) is 0 Å². The SMILES string of the molecule is O=S(=O)(c1ccccc1)n1c(-c2ccc(N3CCOCC3)cc2)cc2c1NCC=C2Br. The van der Waals surface area contributed by atoms with Crippen LogP contribution in [0.2, 0.25) is 0 Å². The molecule has 2 aliphatic heterocycles. The predicted molar refractivity (Wildman–Crippen MR) is 127 cm³/mol. The first-order valence-electron chi connectivity index (χ1n) is 10.1. The van der Waals surface area contributed by atoms with E-state index in [2.05, 4.69) is 26.1 Å². The molecule has 0 aliphatic carbocycles. The number of hydrogen-bond donors (Lipinski definition) is 1. The molecule has 2 aliphatic rings. The quantitative estimate of drug-likeness (QED) is 0.576. The van der Waals surface area contributed by atoms with Crippen molar-refractivity contribution >= 4 is 41.9 Å². The van der Waals surface area contributed by atoms with Gasteiger partial charge in [-0.1, -0.05) is 52.3 Å². The Hall–Kier alpha value is -2.55. The van der Waals surface area contributed by atoms with Crippen molar-refractivity contribution in [2.45, 2.75) is 4.90 Å². The third-order valence-corrected chi connectivity index (χ3v) is 8.07. The first kappa shape index (κ1) is 20.4. The highest BCUT2D eigenvalue weighted by atomic mass is 79.9. The van der Waals surface area contributed by atoms with Crippen molar-refractivity contribution in [3.8, 4) is 11.3 Å². The summed E-state index contributed by atoms with van der Waals surface area (Å²) in [5, 5.41) is 3.25. The maximum atomic E-state index is 13.6. The summed E-state index contributed by atoms with van der Waals surface area (Å²) in [6, 6.07) is 18.5. The summed E-state index contributed by atoms with van der Waals surface area (Å²) in [6.07, 6.45) is 1.99. The van der Waals surface area contributed by atoms with E-state index in [1.54, 1.807) is 24.3 Å². The molecule has 8 heteroatoms. The fourth-order valence-electron chi connectivity index (χ4n) is 4.00. The molecule has 3 aromatic rings. The first-order chi connectivity index (χ1) is 15.1. The first-order valence-corrected chi connectivity index (χ1v) is 12.4. The molecule has 1 N–H and O–H groups in total. The Balaban J connectivity index is 1.63. The van der Waals surface area contributed by atoms with Crippen LogP contribution >= 0.6 is 15.9 Å². The van der Waals surface area contributed by atoms with Crippen LogP contribution in [0.1, 0.15) is 5.56 Å². The normalized spacial score (nSPS) is 16.4. The maximum absolute atomic E-state index is 13.6. The highest BCUT2D eigenvalue weighted by Gasteiger charge is 2.29. The van der Waals surface area contributed by atoms with E-state index in [4.69, 9.17) is 4.74 Å². The number of rotatable bonds is 4. The number of hydrogen-bond acceptors (Lipinski definition) is 5. The van der Waals surface area contributed by atoms with Gasteiger partial charge in [0.25, 0.3) is 10.0 Å². The van der Waals surface area contributed by atoms with E-state index in [1.807, 2.05) is 42.5 Å². The summed E-state index contributed by atoms with van der Waals surface area (Å²) in [5.41, 5.74) is 3.41. The van der Waals surface area contributed by atoms with Crippen LogP contribution < -0.4 is 10.2 Å². The molecule has 0 atom stereocenters. The molecule has 3 heterocycles. The number of aromatic nitrogens is 1. The molecule has 6 nitrogen and oxygen atoms in total. The summed E-state index contributed by atoms with van der Waals surface area (Å²) >= 11 is 3.59. The minimum Gasteiger partial charge on any atom is -0.378 e. The van der Waals surface area contributed by atoms with Crippen LogP contribution in [0.5, 0.6) is 0 Å². The van der Waals surface area contributed by atoms with Crippen LogP contribution in [0.15, 0.2) is 71.6 Å². The Morgan fingerprint density at radius 3 is 2.39 bits per heavy atom. The standard InChI is InChI=1S/C23H22BrN3O3S/c24-21-10-11-25-23-20(21)16-22(27(23)31(28,29)19-4-2-1-3-5-19)17-6-8-18(9-7-17)26-12-14-30-15-13-26/h1-10,16,25H,11-15H2. The molecule has 0 spiro atoms. The molecule has 0 radical (unpaired) electrons. The second-order valence-corrected chi connectivity index (χ2v) is 10.1. The molecule has 2 aromatic carbocycles. The highest BCUT2D eigenvalue weighted by Crippen LogP contribution is 2.40. The lowest BCUT2D eigenvalue weighted by Gasteiger charge is -2.29. The molecular formula is C23H22BrN3O3S. The van der Waals surface area contributed by atoms with Crippen LogP contribution in [-0.4, -0.2) is 45.2 Å². The Kier molecular flexibility index (Phi) is 5.37. The molecule has 1 fully saturated rings. The van der Waals surface area contributed by atoms with Crippen molar-refractivity contribution < 1.29 is 13.2 Å². The molecule has 0 saturated carbocycles. The maximum Gasteiger partial charge on any atom is 0.269 e. The van der Waals surface area contributed by atoms with Crippen molar-refractivity contribution in [3.05, 3.63) is 72.3 Å². The molecule has 1 saturated heterocycles. The van der Waals surface area contributed by atoms with Crippen molar-refractivity contribution in [3.63, 3.8) is 0 Å². The number of nitrogens with zero attached hydrogens (tertiary/aromatic N) is 2. The molecule has 1 aromatic heterocycles. The van der Waals surface area contributed by atoms with Gasteiger partial charge >= 0.3 is 0 Å². The Labute approximate surface area is 190 Å². The van der Waals surface area contributed by atoms with Crippen LogP contribution in [0.25, 0.3) is 15.7 Å². The minimum absolute atomic E-state index is 0.257. The van der Waals surface area contributed by atoms with E-state index >= 15 is 0 Å².